The van der Waals surface area contributed by atoms with Crippen molar-refractivity contribution in [3.05, 3.63) is 84.0 Å². The largest absolute Gasteiger partial charge is 0.493 e. The Morgan fingerprint density at radius 1 is 0.547 bits per heavy atom. The van der Waals surface area contributed by atoms with Gasteiger partial charge in [0.15, 0.2) is 0 Å². The Hall–Kier alpha value is -5.42. The molecular formula is C35H40F6N2O10. The van der Waals surface area contributed by atoms with E-state index in [0.717, 1.165) is 24.3 Å². The van der Waals surface area contributed by atoms with E-state index in [0.29, 0.717) is 24.3 Å². The fraction of sp³-hybridized carbons (Fsp3) is 0.429. The van der Waals surface area contributed by atoms with Gasteiger partial charge in [0.05, 0.1) is 39.5 Å². The molecule has 0 fully saturated rings. The Bertz CT molecular complexity index is 1430. The molecule has 0 bridgehead atoms. The van der Waals surface area contributed by atoms with E-state index >= 15 is 0 Å². The number of carbonyl (C=O) groups excluding carboxylic acids is 4. The number of rotatable bonds is 20. The molecule has 0 aliphatic rings. The van der Waals surface area contributed by atoms with Gasteiger partial charge in [-0.15, -0.1) is 0 Å². The third-order valence-electron chi connectivity index (χ3n) is 6.91. The van der Waals surface area contributed by atoms with Gasteiger partial charge < -0.3 is 39.1 Å². The van der Waals surface area contributed by atoms with Crippen molar-refractivity contribution in [2.24, 2.45) is 0 Å². The van der Waals surface area contributed by atoms with Crippen LogP contribution in [0, 0.1) is 0 Å². The molecule has 2 N–H and O–H groups in total. The third kappa shape index (κ3) is 13.6. The van der Waals surface area contributed by atoms with Crippen LogP contribution in [0.25, 0.3) is 0 Å². The second-order valence-corrected chi connectivity index (χ2v) is 11.2. The summed E-state index contributed by atoms with van der Waals surface area (Å²) in [5.41, 5.74) is -6.21. The number of hydrogen-bond acceptors (Lipinski definition) is 10. The smallest absolute Gasteiger partial charge is 0.411 e. The van der Waals surface area contributed by atoms with E-state index in [2.05, 4.69) is 23.8 Å². The van der Waals surface area contributed by atoms with Crippen molar-refractivity contribution in [2.45, 2.75) is 44.5 Å². The predicted molar refractivity (Wildman–Crippen MR) is 176 cm³/mol. The molecule has 0 spiro atoms. The number of halogens is 6. The van der Waals surface area contributed by atoms with Crippen molar-refractivity contribution in [2.75, 3.05) is 52.7 Å². The number of alkyl carbamates (subject to hydrolysis) is 2. The second kappa shape index (κ2) is 20.6. The van der Waals surface area contributed by atoms with Gasteiger partial charge in [-0.25, -0.2) is 19.2 Å². The van der Waals surface area contributed by atoms with Gasteiger partial charge in [0.25, 0.3) is 0 Å². The van der Waals surface area contributed by atoms with Crippen LogP contribution in [-0.4, -0.2) is 89.2 Å². The molecule has 0 saturated heterocycles. The highest BCUT2D eigenvalue weighted by Crippen LogP contribution is 2.56. The summed E-state index contributed by atoms with van der Waals surface area (Å²) in [5.74, 6) is -1.28. The molecule has 2 amide bonds. The molecule has 0 aliphatic carbocycles. The summed E-state index contributed by atoms with van der Waals surface area (Å²) in [4.78, 5) is 45.9. The topological polar surface area (TPSA) is 148 Å². The van der Waals surface area contributed by atoms with Crippen molar-refractivity contribution in [3.63, 3.8) is 0 Å². The van der Waals surface area contributed by atoms with Crippen molar-refractivity contribution >= 4 is 24.1 Å². The molecule has 2 rings (SSSR count). The van der Waals surface area contributed by atoms with Crippen LogP contribution in [-0.2, 0) is 34.0 Å². The predicted octanol–water partition coefficient (Wildman–Crippen LogP) is 6.33. The normalized spacial score (nSPS) is 11.5. The molecule has 2 aromatic carbocycles. The molecule has 0 aromatic heterocycles. The maximum Gasteiger partial charge on any atom is 0.411 e. The first-order valence-corrected chi connectivity index (χ1v) is 16.0. The van der Waals surface area contributed by atoms with Crippen molar-refractivity contribution in [3.8, 4) is 11.5 Å². The highest BCUT2D eigenvalue weighted by molar-refractivity contribution is 5.87. The zero-order valence-electron chi connectivity index (χ0n) is 29.0. The highest BCUT2D eigenvalue weighted by Gasteiger charge is 2.72. The zero-order valence-corrected chi connectivity index (χ0v) is 29.0. The first-order chi connectivity index (χ1) is 24.9. The fourth-order valence-corrected chi connectivity index (χ4v) is 4.35. The molecule has 2 aromatic rings. The lowest BCUT2D eigenvalue weighted by atomic mass is 9.73. The van der Waals surface area contributed by atoms with Crippen molar-refractivity contribution in [1.29, 1.82) is 0 Å². The number of esters is 2. The molecule has 0 heterocycles. The van der Waals surface area contributed by atoms with Gasteiger partial charge in [-0.2, -0.15) is 26.3 Å². The van der Waals surface area contributed by atoms with Crippen LogP contribution in [0.15, 0.2) is 72.8 Å². The van der Waals surface area contributed by atoms with Gasteiger partial charge in [0, 0.05) is 24.0 Å². The minimum Gasteiger partial charge on any atom is -0.493 e. The van der Waals surface area contributed by atoms with E-state index in [4.69, 9.17) is 28.4 Å². The highest BCUT2D eigenvalue weighted by atomic mass is 19.4. The Balaban J connectivity index is 1.92. The number of carbonyl (C=O) groups is 4. The number of benzene rings is 2. The van der Waals surface area contributed by atoms with Gasteiger partial charge in [-0.3, -0.25) is 0 Å². The molecule has 12 nitrogen and oxygen atoms in total. The van der Waals surface area contributed by atoms with Crippen LogP contribution < -0.4 is 20.1 Å². The summed E-state index contributed by atoms with van der Waals surface area (Å²) in [6.45, 7) is 9.10. The maximum atomic E-state index is 14.6. The third-order valence-corrected chi connectivity index (χ3v) is 6.91. The summed E-state index contributed by atoms with van der Waals surface area (Å²) < 4.78 is 118. The lowest BCUT2D eigenvalue weighted by molar-refractivity contribution is -0.288. The van der Waals surface area contributed by atoms with Crippen LogP contribution in [0.5, 0.6) is 11.5 Å². The number of ether oxygens (including phenoxy) is 6. The molecule has 18 heteroatoms. The van der Waals surface area contributed by atoms with Gasteiger partial charge in [0.1, 0.15) is 24.7 Å². The van der Waals surface area contributed by atoms with E-state index in [1.165, 1.54) is 13.8 Å². The summed E-state index contributed by atoms with van der Waals surface area (Å²) in [6, 6.07) is 6.59. The Morgan fingerprint density at radius 3 is 1.19 bits per heavy atom. The maximum absolute atomic E-state index is 14.6. The van der Waals surface area contributed by atoms with Crippen LogP contribution in [0.4, 0.5) is 35.9 Å². The number of nitrogens with one attached hydrogen (secondary N) is 2. The first kappa shape index (κ1) is 43.7. The lowest BCUT2D eigenvalue weighted by Crippen LogP contribution is -2.54. The van der Waals surface area contributed by atoms with Crippen LogP contribution >= 0.6 is 0 Å². The van der Waals surface area contributed by atoms with E-state index < -0.39 is 53.0 Å². The van der Waals surface area contributed by atoms with E-state index in [1.807, 2.05) is 0 Å². The Labute approximate surface area is 301 Å². The summed E-state index contributed by atoms with van der Waals surface area (Å²) in [6.07, 6.45) is -13.0. The Morgan fingerprint density at radius 2 is 0.887 bits per heavy atom. The second-order valence-electron chi connectivity index (χ2n) is 11.2. The van der Waals surface area contributed by atoms with Crippen LogP contribution in [0.2, 0.25) is 0 Å². The van der Waals surface area contributed by atoms with Gasteiger partial charge in [0.2, 0.25) is 5.41 Å². The zero-order chi connectivity index (χ0) is 39.7. The number of hydrogen-bond donors (Lipinski definition) is 2. The summed E-state index contributed by atoms with van der Waals surface area (Å²) in [7, 11) is 0. The van der Waals surface area contributed by atoms with Gasteiger partial charge in [-0.05, 0) is 49.2 Å². The monoisotopic (exact) mass is 762 g/mol. The molecule has 0 saturated carbocycles. The van der Waals surface area contributed by atoms with Crippen LogP contribution in [0.1, 0.15) is 37.8 Å². The van der Waals surface area contributed by atoms with Crippen LogP contribution in [0.3, 0.4) is 0 Å². The van der Waals surface area contributed by atoms with Crippen molar-refractivity contribution < 1.29 is 73.9 Å². The minimum atomic E-state index is -5.82. The minimum absolute atomic E-state index is 0.0178. The van der Waals surface area contributed by atoms with Crippen molar-refractivity contribution in [1.82, 2.24) is 10.6 Å². The molecular weight excluding hydrogens is 722 g/mol. The molecule has 0 radical (unpaired) electrons. The molecule has 0 unspecified atom stereocenters. The average Bonchev–Trinajstić information content (AvgIpc) is 3.08. The fourth-order valence-electron chi connectivity index (χ4n) is 4.35. The molecule has 0 aliphatic heterocycles. The average molecular weight is 763 g/mol. The van der Waals surface area contributed by atoms with Gasteiger partial charge >= 0.3 is 36.5 Å². The Kier molecular flexibility index (Phi) is 17.0. The van der Waals surface area contributed by atoms with E-state index in [9.17, 15) is 45.5 Å². The SMILES string of the molecule is C=C(C)C(=O)OCCNC(=O)OCCCOc1ccc(C(c2ccc(OCCCOC(=O)NCCOC(=O)C(=C)C)cc2)(C(F)(F)F)C(F)(F)F)cc1. The van der Waals surface area contributed by atoms with Gasteiger partial charge in [-0.1, -0.05) is 37.4 Å². The molecule has 53 heavy (non-hydrogen) atoms. The lowest BCUT2D eigenvalue weighted by Gasteiger charge is -2.38. The number of amides is 2. The summed E-state index contributed by atoms with van der Waals surface area (Å²) in [5, 5.41) is 4.69. The molecule has 0 atom stereocenters. The first-order valence-electron chi connectivity index (χ1n) is 16.0. The quantitative estimate of drug-likeness (QED) is 0.0516. The summed E-state index contributed by atoms with van der Waals surface area (Å²) >= 11 is 0. The van der Waals surface area contributed by atoms with E-state index in [1.54, 1.807) is 0 Å². The molecule has 292 valence electrons. The number of alkyl halides is 6. The standard InChI is InChI=1S/C35H40F6N2O10/c1-23(2)29(44)50-21-15-42-31(46)52-19-5-17-48-27-11-7-25(8-12-27)33(34(36,37)38,35(39,40)41)26-9-13-28(14-10-26)49-18-6-20-53-32(47)43-16-22-51-30(45)24(3)4/h7-14H,1,3,5-6,15-22H2,2,4H3,(H,42,46)(H,43,47). The van der Waals surface area contributed by atoms with E-state index in [-0.39, 0.29) is 88.2 Å².